The predicted molar refractivity (Wildman–Crippen MR) is 80.1 cm³/mol. The van der Waals surface area contributed by atoms with E-state index < -0.39 is 0 Å². The summed E-state index contributed by atoms with van der Waals surface area (Å²) in [7, 11) is 0. The SMILES string of the molecule is C1CCNC1.CCO.CCc1cnc(CC)c(N)n1. The molecule has 0 unspecified atom stereocenters. The quantitative estimate of drug-likeness (QED) is 0.758. The second-order valence-electron chi connectivity index (χ2n) is 4.17. The summed E-state index contributed by atoms with van der Waals surface area (Å²) < 4.78 is 0. The van der Waals surface area contributed by atoms with Gasteiger partial charge in [-0.05, 0) is 45.7 Å². The zero-order valence-electron chi connectivity index (χ0n) is 12.4. The Morgan fingerprint density at radius 1 is 1.21 bits per heavy atom. The van der Waals surface area contributed by atoms with Crippen LogP contribution in [0.4, 0.5) is 5.82 Å². The molecule has 1 aromatic heterocycles. The molecule has 2 heterocycles. The molecule has 0 spiro atoms. The van der Waals surface area contributed by atoms with E-state index >= 15 is 0 Å². The van der Waals surface area contributed by atoms with Crippen molar-refractivity contribution in [3.63, 3.8) is 0 Å². The second-order valence-corrected chi connectivity index (χ2v) is 4.17. The van der Waals surface area contributed by atoms with Crippen molar-refractivity contribution >= 4 is 5.82 Å². The molecule has 2 rings (SSSR count). The number of nitrogen functional groups attached to an aromatic ring is 1. The average molecular weight is 268 g/mol. The molecule has 1 aliphatic rings. The Morgan fingerprint density at radius 2 is 1.79 bits per heavy atom. The summed E-state index contributed by atoms with van der Waals surface area (Å²) in [5.41, 5.74) is 7.48. The van der Waals surface area contributed by atoms with Crippen LogP contribution < -0.4 is 11.1 Å². The van der Waals surface area contributed by atoms with Gasteiger partial charge < -0.3 is 16.2 Å². The number of aliphatic hydroxyl groups excluding tert-OH is 1. The maximum absolute atomic E-state index is 7.57. The number of aryl methyl sites for hydroxylation is 2. The summed E-state index contributed by atoms with van der Waals surface area (Å²) in [6.07, 6.45) is 6.30. The fourth-order valence-electron chi connectivity index (χ4n) is 1.53. The molecular weight excluding hydrogens is 240 g/mol. The van der Waals surface area contributed by atoms with E-state index in [1.807, 2.05) is 13.8 Å². The first-order valence-electron chi connectivity index (χ1n) is 7.11. The van der Waals surface area contributed by atoms with E-state index in [9.17, 15) is 0 Å². The first-order valence-corrected chi connectivity index (χ1v) is 7.11. The summed E-state index contributed by atoms with van der Waals surface area (Å²) in [6.45, 7) is 8.49. The Morgan fingerprint density at radius 3 is 2.11 bits per heavy atom. The highest BCUT2D eigenvalue weighted by Crippen LogP contribution is 2.06. The lowest BCUT2D eigenvalue weighted by Gasteiger charge is -2.01. The van der Waals surface area contributed by atoms with Gasteiger partial charge in [-0.25, -0.2) is 4.98 Å². The van der Waals surface area contributed by atoms with Crippen LogP contribution in [0.25, 0.3) is 0 Å². The van der Waals surface area contributed by atoms with E-state index in [1.54, 1.807) is 13.1 Å². The number of nitrogens with one attached hydrogen (secondary N) is 1. The smallest absolute Gasteiger partial charge is 0.145 e. The topological polar surface area (TPSA) is 84.1 Å². The Balaban J connectivity index is 0.000000334. The first kappa shape index (κ1) is 17.8. The van der Waals surface area contributed by atoms with Gasteiger partial charge in [-0.15, -0.1) is 0 Å². The largest absolute Gasteiger partial charge is 0.397 e. The van der Waals surface area contributed by atoms with Crippen molar-refractivity contribution in [3.8, 4) is 0 Å². The number of nitrogens with two attached hydrogens (primary N) is 1. The Bertz CT molecular complexity index is 320. The third-order valence-electron chi connectivity index (χ3n) is 2.58. The van der Waals surface area contributed by atoms with Gasteiger partial charge in [-0.2, -0.15) is 0 Å². The fraction of sp³-hybridized carbons (Fsp3) is 0.714. The summed E-state index contributed by atoms with van der Waals surface area (Å²) >= 11 is 0. The second kappa shape index (κ2) is 11.9. The first-order chi connectivity index (χ1) is 9.19. The van der Waals surface area contributed by atoms with Gasteiger partial charge >= 0.3 is 0 Å². The summed E-state index contributed by atoms with van der Waals surface area (Å²) in [4.78, 5) is 8.36. The number of nitrogens with zero attached hydrogens (tertiary/aromatic N) is 2. The van der Waals surface area contributed by atoms with Crippen molar-refractivity contribution in [1.29, 1.82) is 0 Å². The van der Waals surface area contributed by atoms with Crippen molar-refractivity contribution in [3.05, 3.63) is 17.6 Å². The van der Waals surface area contributed by atoms with Gasteiger partial charge in [0.15, 0.2) is 0 Å². The molecule has 0 bridgehead atoms. The maximum Gasteiger partial charge on any atom is 0.145 e. The van der Waals surface area contributed by atoms with E-state index in [0.29, 0.717) is 5.82 Å². The molecule has 0 saturated carbocycles. The molecule has 110 valence electrons. The maximum atomic E-state index is 7.57. The lowest BCUT2D eigenvalue weighted by Crippen LogP contribution is -2.03. The van der Waals surface area contributed by atoms with Crippen molar-refractivity contribution in [2.45, 2.75) is 46.5 Å². The van der Waals surface area contributed by atoms with Crippen LogP contribution >= 0.6 is 0 Å². The molecule has 4 N–H and O–H groups in total. The van der Waals surface area contributed by atoms with E-state index in [0.717, 1.165) is 24.2 Å². The van der Waals surface area contributed by atoms with Crippen molar-refractivity contribution in [2.75, 3.05) is 25.4 Å². The van der Waals surface area contributed by atoms with Crippen LogP contribution in [0.2, 0.25) is 0 Å². The molecule has 0 aliphatic carbocycles. The van der Waals surface area contributed by atoms with E-state index in [4.69, 9.17) is 10.8 Å². The number of anilines is 1. The van der Waals surface area contributed by atoms with Gasteiger partial charge in [-0.1, -0.05) is 13.8 Å². The van der Waals surface area contributed by atoms with Crippen molar-refractivity contribution in [2.24, 2.45) is 0 Å². The third kappa shape index (κ3) is 8.51. The number of aromatic nitrogens is 2. The highest BCUT2D eigenvalue weighted by molar-refractivity contribution is 5.34. The molecule has 19 heavy (non-hydrogen) atoms. The monoisotopic (exact) mass is 268 g/mol. The van der Waals surface area contributed by atoms with Gasteiger partial charge in [0.2, 0.25) is 0 Å². The lowest BCUT2D eigenvalue weighted by atomic mass is 10.3. The molecule has 0 aromatic carbocycles. The molecule has 1 aromatic rings. The van der Waals surface area contributed by atoms with Gasteiger partial charge in [-0.3, -0.25) is 4.98 Å². The van der Waals surface area contributed by atoms with Crippen molar-refractivity contribution in [1.82, 2.24) is 15.3 Å². The summed E-state index contributed by atoms with van der Waals surface area (Å²) in [5.74, 6) is 0.576. The molecule has 1 saturated heterocycles. The fourth-order valence-corrected chi connectivity index (χ4v) is 1.53. The van der Waals surface area contributed by atoms with Crippen LogP contribution in [-0.4, -0.2) is 34.8 Å². The minimum absolute atomic E-state index is 0.250. The van der Waals surface area contributed by atoms with Gasteiger partial charge in [0, 0.05) is 12.8 Å². The molecule has 5 nitrogen and oxygen atoms in total. The number of rotatable bonds is 2. The number of hydrogen-bond acceptors (Lipinski definition) is 5. The van der Waals surface area contributed by atoms with Gasteiger partial charge in [0.05, 0.1) is 11.4 Å². The van der Waals surface area contributed by atoms with Crippen LogP contribution in [0.3, 0.4) is 0 Å². The highest BCUT2D eigenvalue weighted by Gasteiger charge is 1.99. The number of hydrogen-bond donors (Lipinski definition) is 3. The summed E-state index contributed by atoms with van der Waals surface area (Å²) in [6, 6.07) is 0. The lowest BCUT2D eigenvalue weighted by molar-refractivity contribution is 0.318. The standard InChI is InChI=1S/C8H13N3.C4H9N.C2H6O/c1-3-6-5-10-7(4-2)8(9)11-6;1-2-4-5-3-1;1-2-3/h5H,3-4H2,1-2H3,(H2,9,11);5H,1-4H2;3H,2H2,1H3. The normalized spacial score (nSPS) is 13.1. The molecule has 1 fully saturated rings. The Hall–Kier alpha value is -1.20. The molecule has 0 amide bonds. The zero-order valence-corrected chi connectivity index (χ0v) is 12.4. The van der Waals surface area contributed by atoms with Crippen LogP contribution in [0.1, 0.15) is 45.0 Å². The van der Waals surface area contributed by atoms with Crippen LogP contribution in [0, 0.1) is 0 Å². The van der Waals surface area contributed by atoms with Crippen LogP contribution in [0.15, 0.2) is 6.20 Å². The van der Waals surface area contributed by atoms with E-state index in [1.165, 1.54) is 25.9 Å². The summed E-state index contributed by atoms with van der Waals surface area (Å²) in [5, 5.41) is 10.8. The minimum atomic E-state index is 0.250. The average Bonchev–Trinajstić information content (AvgIpc) is 2.98. The van der Waals surface area contributed by atoms with Crippen molar-refractivity contribution < 1.29 is 5.11 Å². The van der Waals surface area contributed by atoms with E-state index in [-0.39, 0.29) is 6.61 Å². The van der Waals surface area contributed by atoms with Gasteiger partial charge in [0.25, 0.3) is 0 Å². The molecular formula is C14H28N4O. The third-order valence-corrected chi connectivity index (χ3v) is 2.58. The van der Waals surface area contributed by atoms with Crippen LogP contribution in [-0.2, 0) is 12.8 Å². The molecule has 5 heteroatoms. The number of aliphatic hydroxyl groups is 1. The highest BCUT2D eigenvalue weighted by atomic mass is 16.2. The zero-order chi connectivity index (χ0) is 14.5. The molecule has 0 atom stereocenters. The van der Waals surface area contributed by atoms with Crippen LogP contribution in [0.5, 0.6) is 0 Å². The predicted octanol–water partition coefficient (Wildman–Crippen LogP) is 1.55. The Kier molecular flexibility index (Phi) is 11.1. The van der Waals surface area contributed by atoms with E-state index in [2.05, 4.69) is 15.3 Å². The molecule has 1 aliphatic heterocycles. The van der Waals surface area contributed by atoms with Gasteiger partial charge in [0.1, 0.15) is 5.82 Å². The minimum Gasteiger partial charge on any atom is -0.397 e. The Labute approximate surface area is 116 Å². The molecule has 0 radical (unpaired) electrons.